The molecule has 196 valence electrons. The van der Waals surface area contributed by atoms with Crippen molar-refractivity contribution in [3.05, 3.63) is 82.8 Å². The second kappa shape index (κ2) is 12.0. The fraction of sp³-hybridized carbons (Fsp3) is 0.400. The molecule has 37 heavy (non-hydrogen) atoms. The molecule has 0 spiro atoms. The standard InChI is InChI=1S/C30H36N2O5/c1-20-13-15-22(16-14-20)19-32(30(34)24-17-18-37-21(24)2)27(29(33)31-23-9-6-5-7-10-23)25-11-8-12-26(35-3)28(25)36-4/h8,11-18,23,27H,5-7,9-10,19H2,1-4H3,(H,31,33)/t27-/m0/s1. The highest BCUT2D eigenvalue weighted by Crippen LogP contribution is 2.39. The summed E-state index contributed by atoms with van der Waals surface area (Å²) in [6.45, 7) is 4.00. The summed E-state index contributed by atoms with van der Waals surface area (Å²) >= 11 is 0. The van der Waals surface area contributed by atoms with Crippen LogP contribution in [0.5, 0.6) is 11.5 Å². The normalized spacial score (nSPS) is 14.6. The molecule has 2 amide bonds. The topological polar surface area (TPSA) is 81.0 Å². The molecule has 1 fully saturated rings. The van der Waals surface area contributed by atoms with Crippen molar-refractivity contribution in [1.82, 2.24) is 10.2 Å². The molecule has 1 atom stereocenters. The molecule has 0 saturated heterocycles. The van der Waals surface area contributed by atoms with E-state index in [4.69, 9.17) is 13.9 Å². The van der Waals surface area contributed by atoms with Crippen LogP contribution in [0.15, 0.2) is 59.2 Å². The molecular weight excluding hydrogens is 468 g/mol. The van der Waals surface area contributed by atoms with Crippen LogP contribution < -0.4 is 14.8 Å². The predicted octanol–water partition coefficient (Wildman–Crippen LogP) is 5.75. The van der Waals surface area contributed by atoms with Crippen molar-refractivity contribution in [1.29, 1.82) is 0 Å². The highest BCUT2D eigenvalue weighted by molar-refractivity contribution is 5.99. The average molecular weight is 505 g/mol. The van der Waals surface area contributed by atoms with Crippen LogP contribution in [0.2, 0.25) is 0 Å². The molecule has 1 aromatic heterocycles. The van der Waals surface area contributed by atoms with Crippen LogP contribution in [0.25, 0.3) is 0 Å². The number of carbonyl (C=O) groups is 2. The molecule has 3 aromatic rings. The number of rotatable bonds is 9. The number of aryl methyl sites for hydroxylation is 2. The minimum atomic E-state index is -0.949. The van der Waals surface area contributed by atoms with Crippen LogP contribution in [0, 0.1) is 13.8 Å². The molecule has 4 rings (SSSR count). The summed E-state index contributed by atoms with van der Waals surface area (Å²) in [5.74, 6) is 0.903. The summed E-state index contributed by atoms with van der Waals surface area (Å²) in [4.78, 5) is 29.8. The average Bonchev–Trinajstić information content (AvgIpc) is 3.35. The minimum Gasteiger partial charge on any atom is -0.493 e. The Balaban J connectivity index is 1.83. The molecule has 0 bridgehead atoms. The summed E-state index contributed by atoms with van der Waals surface area (Å²) in [6.07, 6.45) is 6.70. The number of furan rings is 1. The zero-order valence-corrected chi connectivity index (χ0v) is 22.1. The van der Waals surface area contributed by atoms with E-state index in [1.54, 1.807) is 38.2 Å². The van der Waals surface area contributed by atoms with E-state index in [0.29, 0.717) is 28.4 Å². The van der Waals surface area contributed by atoms with Gasteiger partial charge in [-0.1, -0.05) is 61.2 Å². The first-order valence-corrected chi connectivity index (χ1v) is 12.8. The van der Waals surface area contributed by atoms with Gasteiger partial charge in [0.15, 0.2) is 11.5 Å². The van der Waals surface area contributed by atoms with Crippen molar-refractivity contribution in [2.45, 2.75) is 64.6 Å². The molecule has 1 saturated carbocycles. The Kier molecular flexibility index (Phi) is 8.54. The van der Waals surface area contributed by atoms with Crippen molar-refractivity contribution in [3.8, 4) is 11.5 Å². The summed E-state index contributed by atoms with van der Waals surface area (Å²) < 4.78 is 16.7. The fourth-order valence-electron chi connectivity index (χ4n) is 5.04. The van der Waals surface area contributed by atoms with Crippen LogP contribution in [0.1, 0.15) is 71.0 Å². The number of nitrogens with zero attached hydrogens (tertiary/aromatic N) is 1. The lowest BCUT2D eigenvalue weighted by molar-refractivity contribution is -0.127. The second-order valence-electron chi connectivity index (χ2n) is 9.64. The van der Waals surface area contributed by atoms with Gasteiger partial charge < -0.3 is 24.1 Å². The smallest absolute Gasteiger partial charge is 0.258 e. The first kappa shape index (κ1) is 26.3. The van der Waals surface area contributed by atoms with Gasteiger partial charge in [-0.05, 0) is 44.4 Å². The lowest BCUT2D eigenvalue weighted by atomic mass is 9.94. The maximum absolute atomic E-state index is 14.1. The highest BCUT2D eigenvalue weighted by Gasteiger charge is 2.37. The van der Waals surface area contributed by atoms with E-state index in [2.05, 4.69) is 5.32 Å². The second-order valence-corrected chi connectivity index (χ2v) is 9.64. The highest BCUT2D eigenvalue weighted by atomic mass is 16.5. The van der Waals surface area contributed by atoms with Gasteiger partial charge in [0.05, 0.1) is 26.0 Å². The largest absolute Gasteiger partial charge is 0.493 e. The van der Waals surface area contributed by atoms with Crippen LogP contribution in [0.3, 0.4) is 0 Å². The van der Waals surface area contributed by atoms with E-state index in [0.717, 1.165) is 36.8 Å². The maximum atomic E-state index is 14.1. The zero-order valence-electron chi connectivity index (χ0n) is 22.1. The van der Waals surface area contributed by atoms with Crippen LogP contribution >= 0.6 is 0 Å². The van der Waals surface area contributed by atoms with E-state index in [1.165, 1.54) is 12.7 Å². The van der Waals surface area contributed by atoms with E-state index >= 15 is 0 Å². The molecule has 1 heterocycles. The third-order valence-electron chi connectivity index (χ3n) is 7.06. The van der Waals surface area contributed by atoms with Crippen molar-refractivity contribution in [2.75, 3.05) is 14.2 Å². The molecule has 1 N–H and O–H groups in total. The van der Waals surface area contributed by atoms with E-state index in [-0.39, 0.29) is 24.4 Å². The molecule has 2 aromatic carbocycles. The molecule has 1 aliphatic rings. The van der Waals surface area contributed by atoms with Crippen LogP contribution in [-0.2, 0) is 11.3 Å². The number of amides is 2. The van der Waals surface area contributed by atoms with Gasteiger partial charge in [-0.3, -0.25) is 9.59 Å². The molecular formula is C30H36N2O5. The van der Waals surface area contributed by atoms with Gasteiger partial charge in [0.25, 0.3) is 5.91 Å². The number of carbonyl (C=O) groups excluding carboxylic acids is 2. The molecule has 0 unspecified atom stereocenters. The Morgan fingerprint density at radius 3 is 2.35 bits per heavy atom. The molecule has 7 heteroatoms. The lowest BCUT2D eigenvalue weighted by Gasteiger charge is -2.34. The Labute approximate surface area is 218 Å². The first-order valence-electron chi connectivity index (χ1n) is 12.8. The minimum absolute atomic E-state index is 0.0762. The monoisotopic (exact) mass is 504 g/mol. The third kappa shape index (κ3) is 5.98. The van der Waals surface area contributed by atoms with Gasteiger partial charge in [-0.25, -0.2) is 0 Å². The van der Waals surface area contributed by atoms with Crippen molar-refractivity contribution < 1.29 is 23.5 Å². The van der Waals surface area contributed by atoms with Gasteiger partial charge in [0.2, 0.25) is 5.91 Å². The summed E-state index contributed by atoms with van der Waals surface area (Å²) in [5.41, 5.74) is 3.02. The number of benzene rings is 2. The number of para-hydroxylation sites is 1. The maximum Gasteiger partial charge on any atom is 0.258 e. The lowest BCUT2D eigenvalue weighted by Crippen LogP contribution is -2.47. The van der Waals surface area contributed by atoms with Gasteiger partial charge in [-0.15, -0.1) is 0 Å². The Morgan fingerprint density at radius 2 is 1.73 bits per heavy atom. The Hall–Kier alpha value is -3.74. The SMILES string of the molecule is COc1cccc([C@@H](C(=O)NC2CCCCC2)N(Cc2ccc(C)cc2)C(=O)c2ccoc2C)c1OC. The van der Waals surface area contributed by atoms with Gasteiger partial charge in [0, 0.05) is 18.2 Å². The van der Waals surface area contributed by atoms with Gasteiger partial charge >= 0.3 is 0 Å². The summed E-state index contributed by atoms with van der Waals surface area (Å²) in [7, 11) is 3.10. The zero-order chi connectivity index (χ0) is 26.4. The molecule has 0 radical (unpaired) electrons. The summed E-state index contributed by atoms with van der Waals surface area (Å²) in [6, 6.07) is 14.2. The van der Waals surface area contributed by atoms with Gasteiger partial charge in [0.1, 0.15) is 11.8 Å². The molecule has 1 aliphatic carbocycles. The van der Waals surface area contributed by atoms with E-state index in [9.17, 15) is 9.59 Å². The van der Waals surface area contributed by atoms with E-state index in [1.807, 2.05) is 43.3 Å². The van der Waals surface area contributed by atoms with Crippen molar-refractivity contribution in [2.24, 2.45) is 0 Å². The Bertz CT molecular complexity index is 1210. The fourth-order valence-corrected chi connectivity index (χ4v) is 5.04. The number of ether oxygens (including phenoxy) is 2. The number of hydrogen-bond donors (Lipinski definition) is 1. The van der Waals surface area contributed by atoms with Crippen molar-refractivity contribution >= 4 is 11.8 Å². The first-order chi connectivity index (χ1) is 17.9. The van der Waals surface area contributed by atoms with Crippen molar-refractivity contribution in [3.63, 3.8) is 0 Å². The Morgan fingerprint density at radius 1 is 1.00 bits per heavy atom. The number of nitrogens with one attached hydrogen (secondary N) is 1. The third-order valence-corrected chi connectivity index (χ3v) is 7.06. The summed E-state index contributed by atoms with van der Waals surface area (Å²) in [5, 5.41) is 3.24. The van der Waals surface area contributed by atoms with Crippen LogP contribution in [-0.4, -0.2) is 37.0 Å². The number of methoxy groups -OCH3 is 2. The molecule has 7 nitrogen and oxygen atoms in total. The quantitative estimate of drug-likeness (QED) is 0.402. The van der Waals surface area contributed by atoms with Crippen LogP contribution in [0.4, 0.5) is 0 Å². The molecule has 0 aliphatic heterocycles. The van der Waals surface area contributed by atoms with E-state index < -0.39 is 6.04 Å². The predicted molar refractivity (Wildman–Crippen MR) is 142 cm³/mol. The number of hydrogen-bond acceptors (Lipinski definition) is 5. The van der Waals surface area contributed by atoms with Gasteiger partial charge in [-0.2, -0.15) is 0 Å².